The molecule has 0 fully saturated rings. The van der Waals surface area contributed by atoms with Crippen LogP contribution in [0.4, 0.5) is 0 Å². The van der Waals surface area contributed by atoms with E-state index >= 15 is 0 Å². The Morgan fingerprint density at radius 1 is 1.17 bits per heavy atom. The highest BCUT2D eigenvalue weighted by Crippen LogP contribution is 2.05. The summed E-state index contributed by atoms with van der Waals surface area (Å²) >= 11 is 0. The minimum Gasteiger partial charge on any atom is -0.358 e. The standard InChI is InChI=1S/C8H10N4/c9-2-1-4-11-6-7-12(8-11)5-3-10/h6-7H,1,4-5,8H2. The van der Waals surface area contributed by atoms with Crippen molar-refractivity contribution in [1.82, 2.24) is 9.80 Å². The summed E-state index contributed by atoms with van der Waals surface area (Å²) in [5, 5.41) is 16.7. The Morgan fingerprint density at radius 3 is 2.58 bits per heavy atom. The normalized spacial score (nSPS) is 14.5. The van der Waals surface area contributed by atoms with Crippen LogP contribution in [0.25, 0.3) is 0 Å². The fourth-order valence-corrected chi connectivity index (χ4v) is 1.05. The van der Waals surface area contributed by atoms with Crippen LogP contribution in [0.5, 0.6) is 0 Å². The molecule has 12 heavy (non-hydrogen) atoms. The van der Waals surface area contributed by atoms with Crippen molar-refractivity contribution in [1.29, 1.82) is 10.5 Å². The van der Waals surface area contributed by atoms with Crippen molar-refractivity contribution < 1.29 is 0 Å². The Hall–Kier alpha value is -1.68. The van der Waals surface area contributed by atoms with Crippen LogP contribution in [0.2, 0.25) is 0 Å². The van der Waals surface area contributed by atoms with E-state index in [0.29, 0.717) is 13.0 Å². The van der Waals surface area contributed by atoms with Crippen LogP contribution in [0.3, 0.4) is 0 Å². The highest BCUT2D eigenvalue weighted by molar-refractivity contribution is 4.94. The molecule has 0 aromatic rings. The molecule has 0 aromatic heterocycles. The van der Waals surface area contributed by atoms with Crippen LogP contribution in [-0.2, 0) is 0 Å². The summed E-state index contributed by atoms with van der Waals surface area (Å²) in [6, 6.07) is 4.15. The Labute approximate surface area is 71.9 Å². The maximum atomic E-state index is 8.39. The molecule has 0 atom stereocenters. The van der Waals surface area contributed by atoms with E-state index in [4.69, 9.17) is 10.5 Å². The quantitative estimate of drug-likeness (QED) is 0.566. The molecule has 1 rings (SSSR count). The van der Waals surface area contributed by atoms with Gasteiger partial charge in [-0.2, -0.15) is 10.5 Å². The summed E-state index contributed by atoms with van der Waals surface area (Å²) in [5.74, 6) is 0. The van der Waals surface area contributed by atoms with Gasteiger partial charge < -0.3 is 9.80 Å². The molecule has 62 valence electrons. The fraction of sp³-hybridized carbons (Fsp3) is 0.500. The fourth-order valence-electron chi connectivity index (χ4n) is 1.05. The summed E-state index contributed by atoms with van der Waals surface area (Å²) < 4.78 is 0. The molecule has 0 aliphatic carbocycles. The molecule has 4 heteroatoms. The smallest absolute Gasteiger partial charge is 0.107 e. The van der Waals surface area contributed by atoms with Crippen molar-refractivity contribution in [3.63, 3.8) is 0 Å². The van der Waals surface area contributed by atoms with E-state index < -0.39 is 0 Å². The van der Waals surface area contributed by atoms with Crippen molar-refractivity contribution in [2.75, 3.05) is 19.8 Å². The van der Waals surface area contributed by atoms with Gasteiger partial charge in [-0.25, -0.2) is 0 Å². The molecule has 0 bridgehead atoms. The lowest BCUT2D eigenvalue weighted by molar-refractivity contribution is 0.287. The van der Waals surface area contributed by atoms with E-state index in [1.54, 1.807) is 0 Å². The zero-order valence-electron chi connectivity index (χ0n) is 6.77. The molecule has 0 aromatic carbocycles. The largest absolute Gasteiger partial charge is 0.358 e. The Morgan fingerprint density at radius 2 is 1.92 bits per heavy atom. The third-order valence-corrected chi connectivity index (χ3v) is 1.64. The Balaban J connectivity index is 2.25. The molecule has 0 saturated heterocycles. The Bertz CT molecular complexity index is 245. The minimum absolute atomic E-state index is 0.416. The van der Waals surface area contributed by atoms with E-state index in [0.717, 1.165) is 13.2 Å². The summed E-state index contributed by atoms with van der Waals surface area (Å²) in [4.78, 5) is 3.91. The average Bonchev–Trinajstić information content (AvgIpc) is 2.50. The molecule has 0 radical (unpaired) electrons. The lowest BCUT2D eigenvalue weighted by Crippen LogP contribution is -2.26. The SMILES string of the molecule is N#CCCN1C=CN(CC#N)C1. The molecule has 0 saturated carbocycles. The first kappa shape index (κ1) is 8.42. The van der Waals surface area contributed by atoms with Crippen LogP contribution < -0.4 is 0 Å². The van der Waals surface area contributed by atoms with Crippen molar-refractivity contribution in [3.8, 4) is 12.1 Å². The molecule has 4 nitrogen and oxygen atoms in total. The summed E-state index contributed by atoms with van der Waals surface area (Å²) in [5.41, 5.74) is 0. The lowest BCUT2D eigenvalue weighted by Gasteiger charge is -2.17. The van der Waals surface area contributed by atoms with Gasteiger partial charge in [0.25, 0.3) is 0 Å². The van der Waals surface area contributed by atoms with Gasteiger partial charge in [0, 0.05) is 18.9 Å². The monoisotopic (exact) mass is 162 g/mol. The highest BCUT2D eigenvalue weighted by atomic mass is 15.3. The first-order chi connectivity index (χ1) is 5.86. The van der Waals surface area contributed by atoms with Gasteiger partial charge in [-0.1, -0.05) is 0 Å². The minimum atomic E-state index is 0.416. The Kier molecular flexibility index (Phi) is 2.98. The van der Waals surface area contributed by atoms with Crippen molar-refractivity contribution >= 4 is 0 Å². The molecule has 0 amide bonds. The number of nitriles is 2. The highest BCUT2D eigenvalue weighted by Gasteiger charge is 2.09. The zero-order chi connectivity index (χ0) is 8.81. The van der Waals surface area contributed by atoms with Gasteiger partial charge in [0.15, 0.2) is 0 Å². The lowest BCUT2D eigenvalue weighted by atomic mass is 10.4. The van der Waals surface area contributed by atoms with E-state index in [2.05, 4.69) is 12.1 Å². The summed E-state index contributed by atoms with van der Waals surface area (Å²) in [6.07, 6.45) is 4.32. The second-order valence-corrected chi connectivity index (χ2v) is 2.57. The summed E-state index contributed by atoms with van der Waals surface area (Å²) in [7, 11) is 0. The van der Waals surface area contributed by atoms with E-state index in [1.807, 2.05) is 22.2 Å². The van der Waals surface area contributed by atoms with E-state index in [-0.39, 0.29) is 0 Å². The molecule has 1 aliphatic heterocycles. The van der Waals surface area contributed by atoms with Crippen LogP contribution in [0.15, 0.2) is 12.4 Å². The number of nitrogens with zero attached hydrogens (tertiary/aromatic N) is 4. The van der Waals surface area contributed by atoms with Crippen LogP contribution in [0.1, 0.15) is 6.42 Å². The van der Waals surface area contributed by atoms with Crippen molar-refractivity contribution in [3.05, 3.63) is 12.4 Å². The maximum Gasteiger partial charge on any atom is 0.107 e. The third-order valence-electron chi connectivity index (χ3n) is 1.64. The number of hydrogen-bond donors (Lipinski definition) is 0. The van der Waals surface area contributed by atoms with Gasteiger partial charge >= 0.3 is 0 Å². The summed E-state index contributed by atoms with van der Waals surface area (Å²) in [6.45, 7) is 1.89. The molecular formula is C8H10N4. The molecule has 0 N–H and O–H groups in total. The molecule has 1 aliphatic rings. The number of rotatable bonds is 3. The van der Waals surface area contributed by atoms with Gasteiger partial charge in [0.1, 0.15) is 6.54 Å². The van der Waals surface area contributed by atoms with Gasteiger partial charge in [-0.15, -0.1) is 0 Å². The second kappa shape index (κ2) is 4.25. The second-order valence-electron chi connectivity index (χ2n) is 2.57. The van der Waals surface area contributed by atoms with Crippen LogP contribution in [-0.4, -0.2) is 29.6 Å². The van der Waals surface area contributed by atoms with Gasteiger partial charge in [-0.05, 0) is 0 Å². The number of hydrogen-bond acceptors (Lipinski definition) is 4. The van der Waals surface area contributed by atoms with Crippen LogP contribution >= 0.6 is 0 Å². The zero-order valence-corrected chi connectivity index (χ0v) is 6.77. The first-order valence-corrected chi connectivity index (χ1v) is 3.77. The topological polar surface area (TPSA) is 54.1 Å². The van der Waals surface area contributed by atoms with Crippen molar-refractivity contribution in [2.45, 2.75) is 6.42 Å². The van der Waals surface area contributed by atoms with E-state index in [9.17, 15) is 0 Å². The molecule has 0 unspecified atom stereocenters. The van der Waals surface area contributed by atoms with Gasteiger partial charge in [-0.3, -0.25) is 0 Å². The predicted molar refractivity (Wildman–Crippen MR) is 43.3 cm³/mol. The molecule has 1 heterocycles. The van der Waals surface area contributed by atoms with Crippen LogP contribution in [0, 0.1) is 22.7 Å². The van der Waals surface area contributed by atoms with Crippen molar-refractivity contribution in [2.24, 2.45) is 0 Å². The molecule has 0 spiro atoms. The average molecular weight is 162 g/mol. The van der Waals surface area contributed by atoms with E-state index in [1.165, 1.54) is 0 Å². The van der Waals surface area contributed by atoms with Gasteiger partial charge in [0.2, 0.25) is 0 Å². The third kappa shape index (κ3) is 2.17. The first-order valence-electron chi connectivity index (χ1n) is 3.77. The maximum absolute atomic E-state index is 8.39. The molecular weight excluding hydrogens is 152 g/mol. The predicted octanol–water partition coefficient (Wildman–Crippen LogP) is 0.470. The van der Waals surface area contributed by atoms with Gasteiger partial charge in [0.05, 0.1) is 25.2 Å².